The lowest BCUT2D eigenvalue weighted by Gasteiger charge is -2.32. The van der Waals surface area contributed by atoms with Crippen LogP contribution >= 0.6 is 23.2 Å². The molecule has 0 aliphatic heterocycles. The summed E-state index contributed by atoms with van der Waals surface area (Å²) in [5.41, 5.74) is 2.16. The highest BCUT2D eigenvalue weighted by Crippen LogP contribution is 2.25. The van der Waals surface area contributed by atoms with Gasteiger partial charge < -0.3 is 10.2 Å². The lowest BCUT2D eigenvalue weighted by molar-refractivity contribution is -0.141. The van der Waals surface area contributed by atoms with Gasteiger partial charge in [-0.3, -0.25) is 13.9 Å². The van der Waals surface area contributed by atoms with Gasteiger partial charge in [0.15, 0.2) is 0 Å². The summed E-state index contributed by atoms with van der Waals surface area (Å²) in [7, 11) is -3.55. The molecule has 2 amide bonds. The van der Waals surface area contributed by atoms with Gasteiger partial charge in [-0.2, -0.15) is 0 Å². The van der Waals surface area contributed by atoms with Gasteiger partial charge in [0, 0.05) is 35.6 Å². The summed E-state index contributed by atoms with van der Waals surface area (Å²) in [4.78, 5) is 28.2. The van der Waals surface area contributed by atoms with E-state index in [1.165, 1.54) is 9.21 Å². The summed E-state index contributed by atoms with van der Waals surface area (Å²) in [6.07, 6.45) is 2.68. The highest BCUT2D eigenvalue weighted by atomic mass is 35.5. The van der Waals surface area contributed by atoms with Crippen molar-refractivity contribution < 1.29 is 18.0 Å². The van der Waals surface area contributed by atoms with Crippen LogP contribution in [-0.2, 0) is 26.2 Å². The molecule has 0 spiro atoms. The number of rotatable bonds is 13. The number of sulfonamides is 1. The molecular formula is C27H37Cl2N3O4S. The van der Waals surface area contributed by atoms with Gasteiger partial charge in [-0.1, -0.05) is 55.2 Å². The molecule has 0 aromatic heterocycles. The smallest absolute Gasteiger partial charge is 0.243 e. The van der Waals surface area contributed by atoms with Crippen molar-refractivity contribution in [1.29, 1.82) is 0 Å². The molecule has 7 nitrogen and oxygen atoms in total. The standard InChI is InChI=1S/C27H37Cl2N3O4S/c1-6-20(4)30-27(34)25(7-2)31(18-21-13-14-22(28)17-24(21)29)26(33)12-9-15-32(37(5,35)36)23-11-8-10-19(3)16-23/h8,10-11,13-14,16-17,20,25H,6-7,9,12,15,18H2,1-5H3,(H,30,34)/t20-,25+/m1/s1. The van der Waals surface area contributed by atoms with E-state index in [0.29, 0.717) is 27.7 Å². The highest BCUT2D eigenvalue weighted by Gasteiger charge is 2.30. The van der Waals surface area contributed by atoms with Crippen LogP contribution in [0.1, 0.15) is 57.6 Å². The number of nitrogens with one attached hydrogen (secondary N) is 1. The first-order chi connectivity index (χ1) is 17.4. The summed E-state index contributed by atoms with van der Waals surface area (Å²) < 4.78 is 26.3. The Kier molecular flexibility index (Phi) is 11.7. The number of hydrogen-bond acceptors (Lipinski definition) is 4. The van der Waals surface area contributed by atoms with Crippen molar-refractivity contribution in [3.63, 3.8) is 0 Å². The summed E-state index contributed by atoms with van der Waals surface area (Å²) in [6.45, 7) is 7.91. The Hall–Kier alpha value is -2.29. The zero-order valence-corrected chi connectivity index (χ0v) is 24.5. The summed E-state index contributed by atoms with van der Waals surface area (Å²) in [5, 5.41) is 3.86. The number of hydrogen-bond donors (Lipinski definition) is 1. The number of amides is 2. The zero-order chi connectivity index (χ0) is 27.8. The second-order valence-corrected chi connectivity index (χ2v) is 12.0. The Morgan fingerprint density at radius 2 is 1.76 bits per heavy atom. The molecule has 0 bridgehead atoms. The fourth-order valence-electron chi connectivity index (χ4n) is 3.98. The maximum atomic E-state index is 13.5. The molecule has 2 aromatic rings. The number of benzene rings is 2. The number of nitrogens with zero attached hydrogens (tertiary/aromatic N) is 2. The fraction of sp³-hybridized carbons (Fsp3) is 0.481. The molecular weight excluding hydrogens is 533 g/mol. The lowest BCUT2D eigenvalue weighted by Crippen LogP contribution is -2.50. The maximum Gasteiger partial charge on any atom is 0.243 e. The molecule has 2 rings (SSSR count). The van der Waals surface area contributed by atoms with Gasteiger partial charge in [0.1, 0.15) is 6.04 Å². The monoisotopic (exact) mass is 569 g/mol. The van der Waals surface area contributed by atoms with Gasteiger partial charge in [-0.05, 0) is 68.5 Å². The largest absolute Gasteiger partial charge is 0.352 e. The second-order valence-electron chi connectivity index (χ2n) is 9.28. The van der Waals surface area contributed by atoms with Gasteiger partial charge in [0.25, 0.3) is 0 Å². The van der Waals surface area contributed by atoms with Crippen molar-refractivity contribution in [1.82, 2.24) is 10.2 Å². The Balaban J connectivity index is 2.26. The highest BCUT2D eigenvalue weighted by molar-refractivity contribution is 7.92. The minimum absolute atomic E-state index is 0.0322. The number of aryl methyl sites for hydroxylation is 1. The van der Waals surface area contributed by atoms with Crippen LogP contribution < -0.4 is 9.62 Å². The third-order valence-electron chi connectivity index (χ3n) is 6.18. The molecule has 0 unspecified atom stereocenters. The average Bonchev–Trinajstić information content (AvgIpc) is 2.81. The number of carbonyl (C=O) groups is 2. The quantitative estimate of drug-likeness (QED) is 0.341. The van der Waals surface area contributed by atoms with Crippen LogP contribution in [0.5, 0.6) is 0 Å². The zero-order valence-electron chi connectivity index (χ0n) is 22.1. The lowest BCUT2D eigenvalue weighted by atomic mass is 10.1. The van der Waals surface area contributed by atoms with Crippen LogP contribution in [0.15, 0.2) is 42.5 Å². The molecule has 0 aliphatic carbocycles. The van der Waals surface area contributed by atoms with Crippen molar-refractivity contribution in [2.75, 3.05) is 17.1 Å². The molecule has 1 N–H and O–H groups in total. The number of halogens is 2. The van der Waals surface area contributed by atoms with E-state index in [9.17, 15) is 18.0 Å². The number of carbonyl (C=O) groups excluding carboxylic acids is 2. The Bertz CT molecular complexity index is 1190. The van der Waals surface area contributed by atoms with Gasteiger partial charge in [-0.15, -0.1) is 0 Å². The topological polar surface area (TPSA) is 86.8 Å². The van der Waals surface area contributed by atoms with Crippen molar-refractivity contribution in [2.24, 2.45) is 0 Å². The predicted molar refractivity (Wildman–Crippen MR) is 152 cm³/mol. The second kappa shape index (κ2) is 14.0. The molecule has 0 saturated carbocycles. The third kappa shape index (κ3) is 9.20. The Labute approximate surface area is 231 Å². The third-order valence-corrected chi connectivity index (χ3v) is 7.97. The van der Waals surface area contributed by atoms with Crippen LogP contribution in [0.2, 0.25) is 10.0 Å². The Morgan fingerprint density at radius 1 is 1.05 bits per heavy atom. The maximum absolute atomic E-state index is 13.5. The predicted octanol–water partition coefficient (Wildman–Crippen LogP) is 5.57. The van der Waals surface area contributed by atoms with E-state index in [1.54, 1.807) is 36.4 Å². The van der Waals surface area contributed by atoms with E-state index in [2.05, 4.69) is 5.32 Å². The Morgan fingerprint density at radius 3 is 2.32 bits per heavy atom. The fourth-order valence-corrected chi connectivity index (χ4v) is 5.41. The van der Waals surface area contributed by atoms with Gasteiger partial charge in [0.2, 0.25) is 21.8 Å². The molecule has 2 atom stereocenters. The SMILES string of the molecule is CC[C@@H](C)NC(=O)[C@H](CC)N(Cc1ccc(Cl)cc1Cl)C(=O)CCCN(c1cccc(C)c1)S(C)(=O)=O. The molecule has 37 heavy (non-hydrogen) atoms. The first kappa shape index (κ1) is 30.9. The molecule has 10 heteroatoms. The van der Waals surface area contributed by atoms with E-state index in [1.807, 2.05) is 33.8 Å². The molecule has 0 heterocycles. The van der Waals surface area contributed by atoms with E-state index in [4.69, 9.17) is 23.2 Å². The average molecular weight is 571 g/mol. The van der Waals surface area contributed by atoms with Crippen LogP contribution in [0.4, 0.5) is 5.69 Å². The van der Waals surface area contributed by atoms with E-state index >= 15 is 0 Å². The first-order valence-corrected chi connectivity index (χ1v) is 15.1. The van der Waals surface area contributed by atoms with Crippen LogP contribution in [-0.4, -0.2) is 50.0 Å². The van der Waals surface area contributed by atoms with Gasteiger partial charge in [0.05, 0.1) is 11.9 Å². The van der Waals surface area contributed by atoms with Crippen molar-refractivity contribution in [2.45, 2.75) is 72.0 Å². The van der Waals surface area contributed by atoms with Crippen molar-refractivity contribution in [3.8, 4) is 0 Å². The van der Waals surface area contributed by atoms with Crippen LogP contribution in [0.25, 0.3) is 0 Å². The van der Waals surface area contributed by atoms with E-state index in [-0.39, 0.29) is 43.8 Å². The summed E-state index contributed by atoms with van der Waals surface area (Å²) in [5.74, 6) is -0.484. The van der Waals surface area contributed by atoms with Gasteiger partial charge >= 0.3 is 0 Å². The normalized spacial score (nSPS) is 13.1. The van der Waals surface area contributed by atoms with E-state index in [0.717, 1.165) is 18.2 Å². The minimum Gasteiger partial charge on any atom is -0.352 e. The summed E-state index contributed by atoms with van der Waals surface area (Å²) >= 11 is 12.4. The van der Waals surface area contributed by atoms with Crippen molar-refractivity contribution >= 4 is 50.7 Å². The first-order valence-electron chi connectivity index (χ1n) is 12.5. The molecule has 0 radical (unpaired) electrons. The van der Waals surface area contributed by atoms with Crippen LogP contribution in [0, 0.1) is 6.92 Å². The molecule has 204 valence electrons. The molecule has 2 aromatic carbocycles. The van der Waals surface area contributed by atoms with Crippen LogP contribution in [0.3, 0.4) is 0 Å². The number of anilines is 1. The molecule has 0 saturated heterocycles. The minimum atomic E-state index is -3.55. The van der Waals surface area contributed by atoms with Crippen molar-refractivity contribution in [3.05, 3.63) is 63.6 Å². The molecule has 0 fully saturated rings. The van der Waals surface area contributed by atoms with E-state index < -0.39 is 16.1 Å². The summed E-state index contributed by atoms with van der Waals surface area (Å²) in [6, 6.07) is 11.5. The molecule has 0 aliphatic rings. The van der Waals surface area contributed by atoms with Gasteiger partial charge in [-0.25, -0.2) is 8.42 Å².